The monoisotopic (exact) mass is 407 g/mol. The Hall–Kier alpha value is -2.12. The largest absolute Gasteiger partial charge is 0.507 e. The number of thioether (sulfide) groups is 1. The van der Waals surface area contributed by atoms with Crippen molar-refractivity contribution in [3.8, 4) is 5.75 Å². The summed E-state index contributed by atoms with van der Waals surface area (Å²) >= 11 is 4.06. The van der Waals surface area contributed by atoms with E-state index < -0.39 is 5.91 Å². The van der Waals surface area contributed by atoms with E-state index in [0.29, 0.717) is 20.5 Å². The first-order chi connectivity index (χ1) is 11.4. The van der Waals surface area contributed by atoms with Crippen LogP contribution in [0.4, 0.5) is 9.18 Å². The second-order valence-corrected chi connectivity index (χ2v) is 6.95. The number of phenols is 1. The Morgan fingerprint density at radius 3 is 2.54 bits per heavy atom. The zero-order valence-corrected chi connectivity index (χ0v) is 14.6. The van der Waals surface area contributed by atoms with E-state index in [1.54, 1.807) is 30.3 Å². The van der Waals surface area contributed by atoms with Gasteiger partial charge in [-0.2, -0.15) is 0 Å². The molecule has 0 aliphatic carbocycles. The molecule has 1 aliphatic rings. The third-order valence-corrected chi connectivity index (χ3v) is 4.94. The lowest BCUT2D eigenvalue weighted by molar-refractivity contribution is -0.123. The molecule has 1 heterocycles. The Bertz CT molecular complexity index is 851. The van der Waals surface area contributed by atoms with Crippen molar-refractivity contribution in [1.29, 1.82) is 0 Å². The normalized spacial score (nSPS) is 16.2. The molecule has 1 aliphatic heterocycles. The van der Waals surface area contributed by atoms with Crippen LogP contribution in [0, 0.1) is 5.82 Å². The zero-order chi connectivity index (χ0) is 17.3. The molecule has 3 rings (SSSR count). The first-order valence-corrected chi connectivity index (χ1v) is 8.53. The number of halogens is 2. The Morgan fingerprint density at radius 2 is 1.88 bits per heavy atom. The van der Waals surface area contributed by atoms with E-state index in [9.17, 15) is 19.1 Å². The van der Waals surface area contributed by atoms with Gasteiger partial charge in [0.15, 0.2) is 0 Å². The topological polar surface area (TPSA) is 57.6 Å². The molecule has 0 unspecified atom stereocenters. The molecular weight excluding hydrogens is 397 g/mol. The van der Waals surface area contributed by atoms with Gasteiger partial charge in [0.25, 0.3) is 11.1 Å². The quantitative estimate of drug-likeness (QED) is 0.759. The van der Waals surface area contributed by atoms with Crippen LogP contribution in [-0.4, -0.2) is 21.2 Å². The van der Waals surface area contributed by atoms with Gasteiger partial charge in [0.1, 0.15) is 11.6 Å². The molecule has 0 spiro atoms. The van der Waals surface area contributed by atoms with Crippen molar-refractivity contribution in [2.45, 2.75) is 6.54 Å². The highest BCUT2D eigenvalue weighted by Gasteiger charge is 2.34. The molecule has 1 fully saturated rings. The van der Waals surface area contributed by atoms with Gasteiger partial charge in [-0.1, -0.05) is 18.2 Å². The van der Waals surface area contributed by atoms with Crippen molar-refractivity contribution in [2.24, 2.45) is 0 Å². The summed E-state index contributed by atoms with van der Waals surface area (Å²) in [4.78, 5) is 25.9. The average Bonchev–Trinajstić information content (AvgIpc) is 2.80. The summed E-state index contributed by atoms with van der Waals surface area (Å²) in [6.07, 6.45) is 1.60. The van der Waals surface area contributed by atoms with Crippen LogP contribution in [0.3, 0.4) is 0 Å². The van der Waals surface area contributed by atoms with Gasteiger partial charge in [-0.05, 0) is 69.2 Å². The third-order valence-electron chi connectivity index (χ3n) is 3.40. The van der Waals surface area contributed by atoms with Gasteiger partial charge in [-0.25, -0.2) is 4.39 Å². The molecule has 2 aromatic carbocycles. The molecule has 122 valence electrons. The van der Waals surface area contributed by atoms with Crippen LogP contribution in [0.15, 0.2) is 51.8 Å². The number of aromatic hydroxyl groups is 1. The van der Waals surface area contributed by atoms with Crippen LogP contribution < -0.4 is 0 Å². The second-order valence-electron chi connectivity index (χ2n) is 5.11. The minimum absolute atomic E-state index is 0.0940. The molecule has 24 heavy (non-hydrogen) atoms. The van der Waals surface area contributed by atoms with E-state index in [0.717, 1.165) is 16.7 Å². The summed E-state index contributed by atoms with van der Waals surface area (Å²) in [6.45, 7) is 0.0988. The lowest BCUT2D eigenvalue weighted by Crippen LogP contribution is -2.27. The Morgan fingerprint density at radius 1 is 1.17 bits per heavy atom. The van der Waals surface area contributed by atoms with Crippen LogP contribution in [0.1, 0.15) is 11.1 Å². The van der Waals surface area contributed by atoms with Gasteiger partial charge in [0, 0.05) is 0 Å². The summed E-state index contributed by atoms with van der Waals surface area (Å²) < 4.78 is 13.4. The highest BCUT2D eigenvalue weighted by molar-refractivity contribution is 9.10. The predicted molar refractivity (Wildman–Crippen MR) is 93.7 cm³/mol. The SMILES string of the molecule is O=C1S/C(=C\c2ccc(O)c(Br)c2)C(=O)N1Cc1ccc(F)cc1. The number of nitrogens with zero attached hydrogens (tertiary/aromatic N) is 1. The van der Waals surface area contributed by atoms with Crippen LogP contribution >= 0.6 is 27.7 Å². The number of amides is 2. The van der Waals surface area contributed by atoms with Gasteiger partial charge in [0.2, 0.25) is 0 Å². The molecule has 0 saturated carbocycles. The maximum absolute atomic E-state index is 12.9. The summed E-state index contributed by atoms with van der Waals surface area (Å²) in [5.41, 5.74) is 1.36. The molecule has 1 saturated heterocycles. The number of hydrogen-bond acceptors (Lipinski definition) is 4. The minimum atomic E-state index is -0.390. The number of phenolic OH excluding ortho intramolecular Hbond substituents is 1. The number of imide groups is 1. The molecule has 0 aromatic heterocycles. The number of benzene rings is 2. The molecule has 2 aromatic rings. The first kappa shape index (κ1) is 16.7. The van der Waals surface area contributed by atoms with Crippen LogP contribution in [-0.2, 0) is 11.3 Å². The van der Waals surface area contributed by atoms with Gasteiger partial charge in [-0.15, -0.1) is 0 Å². The molecule has 1 N–H and O–H groups in total. The van der Waals surface area contributed by atoms with Crippen molar-refractivity contribution in [3.63, 3.8) is 0 Å². The number of carbonyl (C=O) groups excluding carboxylic acids is 2. The molecule has 0 atom stereocenters. The molecule has 7 heteroatoms. The van der Waals surface area contributed by atoms with E-state index >= 15 is 0 Å². The maximum atomic E-state index is 12.9. The van der Waals surface area contributed by atoms with Crippen molar-refractivity contribution in [3.05, 3.63) is 68.8 Å². The Balaban J connectivity index is 1.81. The van der Waals surface area contributed by atoms with Gasteiger partial charge in [-0.3, -0.25) is 14.5 Å². The lowest BCUT2D eigenvalue weighted by Gasteiger charge is -2.12. The second kappa shape index (κ2) is 6.78. The van der Waals surface area contributed by atoms with Crippen molar-refractivity contribution in [2.75, 3.05) is 0 Å². The predicted octanol–water partition coefficient (Wildman–Crippen LogP) is 4.53. The van der Waals surface area contributed by atoms with E-state index in [1.165, 1.54) is 18.2 Å². The average molecular weight is 408 g/mol. The summed E-state index contributed by atoms with van der Waals surface area (Å²) in [5, 5.41) is 9.13. The third kappa shape index (κ3) is 3.52. The van der Waals surface area contributed by atoms with E-state index in [4.69, 9.17) is 0 Å². The van der Waals surface area contributed by atoms with Crippen molar-refractivity contribution in [1.82, 2.24) is 4.90 Å². The summed E-state index contributed by atoms with van der Waals surface area (Å²) in [6, 6.07) is 10.5. The zero-order valence-electron chi connectivity index (χ0n) is 12.2. The molecule has 0 radical (unpaired) electrons. The Labute approximate surface area is 150 Å². The number of rotatable bonds is 3. The van der Waals surface area contributed by atoms with E-state index in [2.05, 4.69) is 15.9 Å². The number of carbonyl (C=O) groups is 2. The lowest BCUT2D eigenvalue weighted by atomic mass is 10.2. The standard InChI is InChI=1S/C17H11BrFNO3S/c18-13-7-11(3-6-14(13)21)8-15-16(22)20(17(23)24-15)9-10-1-4-12(19)5-2-10/h1-8,21H,9H2/b15-8-. The van der Waals surface area contributed by atoms with Crippen LogP contribution in [0.5, 0.6) is 5.75 Å². The van der Waals surface area contributed by atoms with E-state index in [1.807, 2.05) is 0 Å². The summed E-state index contributed by atoms with van der Waals surface area (Å²) in [7, 11) is 0. The fourth-order valence-corrected chi connectivity index (χ4v) is 3.41. The number of hydrogen-bond donors (Lipinski definition) is 1. The van der Waals surface area contributed by atoms with Crippen molar-refractivity contribution >= 4 is 44.9 Å². The van der Waals surface area contributed by atoms with Gasteiger partial charge >= 0.3 is 0 Å². The molecule has 4 nitrogen and oxygen atoms in total. The highest BCUT2D eigenvalue weighted by atomic mass is 79.9. The smallest absolute Gasteiger partial charge is 0.293 e. The fourth-order valence-electron chi connectivity index (χ4n) is 2.17. The Kier molecular flexibility index (Phi) is 4.73. The molecule has 0 bridgehead atoms. The van der Waals surface area contributed by atoms with Gasteiger partial charge < -0.3 is 5.11 Å². The summed E-state index contributed by atoms with van der Waals surface area (Å²) in [5.74, 6) is -0.666. The minimum Gasteiger partial charge on any atom is -0.507 e. The molecule has 2 amide bonds. The van der Waals surface area contributed by atoms with E-state index in [-0.39, 0.29) is 23.4 Å². The van der Waals surface area contributed by atoms with Gasteiger partial charge in [0.05, 0.1) is 15.9 Å². The van der Waals surface area contributed by atoms with Crippen molar-refractivity contribution < 1.29 is 19.1 Å². The van der Waals surface area contributed by atoms with Crippen LogP contribution in [0.25, 0.3) is 6.08 Å². The maximum Gasteiger partial charge on any atom is 0.293 e. The highest BCUT2D eigenvalue weighted by Crippen LogP contribution is 2.34. The van der Waals surface area contributed by atoms with Crippen LogP contribution in [0.2, 0.25) is 0 Å². The fraction of sp³-hybridized carbons (Fsp3) is 0.0588. The first-order valence-electron chi connectivity index (χ1n) is 6.92. The molecular formula is C17H11BrFNO3S.